The van der Waals surface area contributed by atoms with Gasteiger partial charge in [-0.15, -0.1) is 0 Å². The summed E-state index contributed by atoms with van der Waals surface area (Å²) in [5.41, 5.74) is 3.25. The zero-order valence-corrected chi connectivity index (χ0v) is 8.79. The molecule has 80 valence electrons. The smallest absolute Gasteiger partial charge is 0.0996 e. The van der Waals surface area contributed by atoms with Gasteiger partial charge in [0.2, 0.25) is 0 Å². The van der Waals surface area contributed by atoms with Gasteiger partial charge in [-0.1, -0.05) is 6.92 Å². The summed E-state index contributed by atoms with van der Waals surface area (Å²) >= 11 is 0. The van der Waals surface area contributed by atoms with Crippen LogP contribution in [0, 0.1) is 0 Å². The number of furan rings is 1. The molecule has 0 aromatic carbocycles. The first-order valence-electron chi connectivity index (χ1n) is 5.17. The Kier molecular flexibility index (Phi) is 3.19. The van der Waals surface area contributed by atoms with Crippen molar-refractivity contribution in [2.24, 2.45) is 0 Å². The second kappa shape index (κ2) is 4.79. The summed E-state index contributed by atoms with van der Waals surface area (Å²) in [7, 11) is 0. The monoisotopic (exact) mass is 205 g/mol. The molecule has 0 atom stereocenters. The number of H-pyrrole nitrogens is 1. The van der Waals surface area contributed by atoms with Crippen LogP contribution in [0.5, 0.6) is 0 Å². The van der Waals surface area contributed by atoms with Gasteiger partial charge >= 0.3 is 0 Å². The number of nitrogens with zero attached hydrogens (tertiary/aromatic N) is 1. The first-order chi connectivity index (χ1) is 7.42. The van der Waals surface area contributed by atoms with Crippen molar-refractivity contribution in [2.75, 3.05) is 6.54 Å². The first kappa shape index (κ1) is 9.98. The SMILES string of the molecule is CCCNCc1cn[nH]c1-c1ccoc1. The Bertz CT molecular complexity index is 392. The van der Waals surface area contributed by atoms with Crippen molar-refractivity contribution >= 4 is 0 Å². The maximum absolute atomic E-state index is 5.05. The van der Waals surface area contributed by atoms with Crippen LogP contribution in [0.25, 0.3) is 11.3 Å². The molecule has 0 radical (unpaired) electrons. The Morgan fingerprint density at radius 2 is 2.47 bits per heavy atom. The quantitative estimate of drug-likeness (QED) is 0.735. The lowest BCUT2D eigenvalue weighted by atomic mass is 10.1. The summed E-state index contributed by atoms with van der Waals surface area (Å²) in [5.74, 6) is 0. The number of rotatable bonds is 5. The molecule has 2 aromatic heterocycles. The highest BCUT2D eigenvalue weighted by molar-refractivity contribution is 5.60. The molecule has 0 fully saturated rings. The number of hydrogen-bond acceptors (Lipinski definition) is 3. The first-order valence-corrected chi connectivity index (χ1v) is 5.17. The van der Waals surface area contributed by atoms with Gasteiger partial charge in [-0.3, -0.25) is 5.10 Å². The maximum Gasteiger partial charge on any atom is 0.0996 e. The Hall–Kier alpha value is -1.55. The molecule has 0 aliphatic carbocycles. The minimum Gasteiger partial charge on any atom is -0.472 e. The van der Waals surface area contributed by atoms with Gasteiger partial charge in [0.1, 0.15) is 0 Å². The molecule has 0 spiro atoms. The fraction of sp³-hybridized carbons (Fsp3) is 0.364. The molecular formula is C11H15N3O. The van der Waals surface area contributed by atoms with E-state index in [1.165, 1.54) is 5.56 Å². The molecular weight excluding hydrogens is 190 g/mol. The molecule has 0 unspecified atom stereocenters. The highest BCUT2D eigenvalue weighted by atomic mass is 16.3. The molecule has 0 saturated heterocycles. The van der Waals surface area contributed by atoms with Crippen LogP contribution in [0.1, 0.15) is 18.9 Å². The van der Waals surface area contributed by atoms with Crippen molar-refractivity contribution in [1.29, 1.82) is 0 Å². The van der Waals surface area contributed by atoms with Gasteiger partial charge in [-0.05, 0) is 19.0 Å². The third kappa shape index (κ3) is 2.27. The van der Waals surface area contributed by atoms with Crippen LogP contribution in [0.4, 0.5) is 0 Å². The predicted molar refractivity (Wildman–Crippen MR) is 58.3 cm³/mol. The summed E-state index contributed by atoms with van der Waals surface area (Å²) in [5, 5.41) is 10.4. The zero-order chi connectivity index (χ0) is 10.5. The highest BCUT2D eigenvalue weighted by Gasteiger charge is 2.07. The summed E-state index contributed by atoms with van der Waals surface area (Å²) in [6.07, 6.45) is 6.38. The third-order valence-electron chi connectivity index (χ3n) is 2.27. The molecule has 0 amide bonds. The minimum absolute atomic E-state index is 0.838. The molecule has 2 rings (SSSR count). The van der Waals surface area contributed by atoms with E-state index in [0.29, 0.717) is 0 Å². The second-order valence-electron chi connectivity index (χ2n) is 3.46. The van der Waals surface area contributed by atoms with Gasteiger partial charge in [-0.25, -0.2) is 0 Å². The number of aromatic nitrogens is 2. The van der Waals surface area contributed by atoms with Crippen molar-refractivity contribution in [3.05, 3.63) is 30.4 Å². The largest absolute Gasteiger partial charge is 0.472 e. The van der Waals surface area contributed by atoms with E-state index in [4.69, 9.17) is 4.42 Å². The number of aromatic amines is 1. The molecule has 2 N–H and O–H groups in total. The summed E-state index contributed by atoms with van der Waals surface area (Å²) in [4.78, 5) is 0. The average molecular weight is 205 g/mol. The van der Waals surface area contributed by atoms with E-state index < -0.39 is 0 Å². The molecule has 4 nitrogen and oxygen atoms in total. The van der Waals surface area contributed by atoms with Crippen LogP contribution in [-0.4, -0.2) is 16.7 Å². The lowest BCUT2D eigenvalue weighted by molar-refractivity contribution is 0.568. The van der Waals surface area contributed by atoms with Gasteiger partial charge in [-0.2, -0.15) is 5.10 Å². The van der Waals surface area contributed by atoms with Crippen molar-refractivity contribution < 1.29 is 4.42 Å². The van der Waals surface area contributed by atoms with Crippen LogP contribution in [0.2, 0.25) is 0 Å². The van der Waals surface area contributed by atoms with Crippen molar-refractivity contribution in [3.63, 3.8) is 0 Å². The van der Waals surface area contributed by atoms with Gasteiger partial charge < -0.3 is 9.73 Å². The van der Waals surface area contributed by atoms with Gasteiger partial charge in [0.25, 0.3) is 0 Å². The van der Waals surface area contributed by atoms with E-state index in [9.17, 15) is 0 Å². The van der Waals surface area contributed by atoms with Gasteiger partial charge in [0, 0.05) is 17.7 Å². The molecule has 4 heteroatoms. The van der Waals surface area contributed by atoms with Crippen LogP contribution < -0.4 is 5.32 Å². The van der Waals surface area contributed by atoms with E-state index in [0.717, 1.165) is 30.8 Å². The van der Waals surface area contributed by atoms with E-state index >= 15 is 0 Å². The standard InChI is InChI=1S/C11H15N3O/c1-2-4-12-6-10-7-13-14-11(10)9-3-5-15-8-9/h3,5,7-8,12H,2,4,6H2,1H3,(H,13,14). The van der Waals surface area contributed by atoms with E-state index in [1.807, 2.05) is 12.3 Å². The fourth-order valence-corrected chi connectivity index (χ4v) is 1.50. The maximum atomic E-state index is 5.05. The third-order valence-corrected chi connectivity index (χ3v) is 2.27. The number of hydrogen-bond donors (Lipinski definition) is 2. The fourth-order valence-electron chi connectivity index (χ4n) is 1.50. The normalized spacial score (nSPS) is 10.7. The van der Waals surface area contributed by atoms with E-state index in [-0.39, 0.29) is 0 Å². The van der Waals surface area contributed by atoms with E-state index in [1.54, 1.807) is 12.5 Å². The van der Waals surface area contributed by atoms with Crippen molar-refractivity contribution in [2.45, 2.75) is 19.9 Å². The van der Waals surface area contributed by atoms with E-state index in [2.05, 4.69) is 22.4 Å². The van der Waals surface area contributed by atoms with Gasteiger partial charge in [0.15, 0.2) is 0 Å². The molecule has 2 aromatic rings. The molecule has 0 bridgehead atoms. The molecule has 0 aliphatic rings. The molecule has 2 heterocycles. The summed E-state index contributed by atoms with van der Waals surface area (Å²) in [6.45, 7) is 4.01. The highest BCUT2D eigenvalue weighted by Crippen LogP contribution is 2.20. The van der Waals surface area contributed by atoms with Crippen LogP contribution in [0.15, 0.2) is 29.2 Å². The minimum atomic E-state index is 0.838. The van der Waals surface area contributed by atoms with Crippen molar-refractivity contribution in [3.8, 4) is 11.3 Å². The lowest BCUT2D eigenvalue weighted by Crippen LogP contribution is -2.13. The van der Waals surface area contributed by atoms with Crippen LogP contribution in [-0.2, 0) is 6.54 Å². The zero-order valence-electron chi connectivity index (χ0n) is 8.79. The summed E-state index contributed by atoms with van der Waals surface area (Å²) in [6, 6.07) is 1.93. The van der Waals surface area contributed by atoms with Crippen LogP contribution >= 0.6 is 0 Å². The molecule has 0 saturated carbocycles. The van der Waals surface area contributed by atoms with Crippen LogP contribution in [0.3, 0.4) is 0 Å². The lowest BCUT2D eigenvalue weighted by Gasteiger charge is -2.02. The predicted octanol–water partition coefficient (Wildman–Crippen LogP) is 2.17. The Morgan fingerprint density at radius 3 is 3.20 bits per heavy atom. The Balaban J connectivity index is 2.09. The Morgan fingerprint density at radius 1 is 1.53 bits per heavy atom. The summed E-state index contributed by atoms with van der Waals surface area (Å²) < 4.78 is 5.05. The molecule has 0 aliphatic heterocycles. The number of nitrogens with one attached hydrogen (secondary N) is 2. The topological polar surface area (TPSA) is 53.9 Å². The molecule has 15 heavy (non-hydrogen) atoms. The average Bonchev–Trinajstić information content (AvgIpc) is 2.87. The second-order valence-corrected chi connectivity index (χ2v) is 3.46. The van der Waals surface area contributed by atoms with Gasteiger partial charge in [0.05, 0.1) is 24.4 Å². The van der Waals surface area contributed by atoms with Crippen molar-refractivity contribution in [1.82, 2.24) is 15.5 Å². The Labute approximate surface area is 88.7 Å².